The summed E-state index contributed by atoms with van der Waals surface area (Å²) in [5.41, 5.74) is 1.96. The molecule has 1 N–H and O–H groups in total. The van der Waals surface area contributed by atoms with Crippen LogP contribution in [0.1, 0.15) is 44.1 Å². The van der Waals surface area contributed by atoms with Gasteiger partial charge in [-0.1, -0.05) is 6.92 Å². The van der Waals surface area contributed by atoms with Crippen LogP contribution in [0.4, 0.5) is 4.39 Å². The molecule has 1 saturated carbocycles. The van der Waals surface area contributed by atoms with Crippen LogP contribution >= 0.6 is 0 Å². The van der Waals surface area contributed by atoms with Crippen LogP contribution in [0.5, 0.6) is 0 Å². The van der Waals surface area contributed by atoms with Crippen molar-refractivity contribution in [3.05, 3.63) is 41.8 Å². The number of nitrogens with zero attached hydrogens (tertiary/aromatic N) is 1. The maximum absolute atomic E-state index is 13.5. The van der Waals surface area contributed by atoms with E-state index < -0.39 is 5.97 Å². The number of aliphatic carboxylic acids is 1. The van der Waals surface area contributed by atoms with Gasteiger partial charge in [0.2, 0.25) is 0 Å². The molecule has 1 unspecified atom stereocenters. The van der Waals surface area contributed by atoms with E-state index in [9.17, 15) is 9.18 Å². The second-order valence-corrected chi connectivity index (χ2v) is 6.30. The van der Waals surface area contributed by atoms with Gasteiger partial charge in [-0.15, -0.1) is 0 Å². The molecule has 0 bridgehead atoms. The third-order valence-electron chi connectivity index (χ3n) is 5.05. The van der Waals surface area contributed by atoms with Crippen LogP contribution in [0.3, 0.4) is 0 Å². The number of benzene rings is 1. The highest BCUT2D eigenvalue weighted by Crippen LogP contribution is 2.40. The lowest BCUT2D eigenvalue weighted by atomic mass is 9.74. The summed E-state index contributed by atoms with van der Waals surface area (Å²) in [6.07, 6.45) is 5.52. The summed E-state index contributed by atoms with van der Waals surface area (Å²) < 4.78 is 13.5. The predicted octanol–water partition coefficient (Wildman–Crippen LogP) is 4.37. The van der Waals surface area contributed by atoms with Crippen LogP contribution in [0.15, 0.2) is 30.5 Å². The largest absolute Gasteiger partial charge is 0.481 e. The zero-order valence-corrected chi connectivity index (χ0v) is 12.6. The molecule has 0 radical (unpaired) electrons. The first-order valence-electron chi connectivity index (χ1n) is 7.83. The van der Waals surface area contributed by atoms with E-state index in [1.54, 1.807) is 25.3 Å². The van der Waals surface area contributed by atoms with Crippen molar-refractivity contribution in [3.8, 4) is 0 Å². The van der Waals surface area contributed by atoms with E-state index in [0.29, 0.717) is 5.92 Å². The average Bonchev–Trinajstić information content (AvgIpc) is 2.53. The molecule has 1 heterocycles. The molecule has 2 aromatic rings. The Bertz CT molecular complexity index is 693. The van der Waals surface area contributed by atoms with Crippen LogP contribution in [0, 0.1) is 17.7 Å². The highest BCUT2D eigenvalue weighted by atomic mass is 19.1. The van der Waals surface area contributed by atoms with Gasteiger partial charge >= 0.3 is 5.97 Å². The van der Waals surface area contributed by atoms with E-state index >= 15 is 0 Å². The van der Waals surface area contributed by atoms with Gasteiger partial charge < -0.3 is 5.11 Å². The molecule has 0 aliphatic heterocycles. The second-order valence-electron chi connectivity index (χ2n) is 6.30. The number of pyridine rings is 1. The lowest BCUT2D eigenvalue weighted by Crippen LogP contribution is -2.25. The SMILES string of the molecule is CC(C(=O)O)[C@H]1CC[C@@H](c2ccnc3ccc(F)cc32)CC1. The Hall–Kier alpha value is -1.97. The number of halogens is 1. The van der Waals surface area contributed by atoms with Gasteiger partial charge in [-0.2, -0.15) is 0 Å². The van der Waals surface area contributed by atoms with Crippen molar-refractivity contribution in [3.63, 3.8) is 0 Å². The fourth-order valence-electron chi connectivity index (χ4n) is 3.63. The first-order chi connectivity index (χ1) is 10.6. The second kappa shape index (κ2) is 6.03. The normalized spacial score (nSPS) is 23.4. The Morgan fingerprint density at radius 1 is 1.27 bits per heavy atom. The standard InChI is InChI=1S/C18H20FNO2/c1-11(18(21)22)12-2-4-13(5-3-12)15-8-9-20-17-7-6-14(19)10-16(15)17/h6-13H,2-5H2,1H3,(H,21,22)/t11?,12-,13+. The molecule has 3 rings (SSSR count). The van der Waals surface area contributed by atoms with E-state index in [0.717, 1.165) is 42.1 Å². The van der Waals surface area contributed by atoms with Crippen molar-refractivity contribution < 1.29 is 14.3 Å². The summed E-state index contributed by atoms with van der Waals surface area (Å²) in [7, 11) is 0. The Balaban J connectivity index is 1.82. The molecule has 22 heavy (non-hydrogen) atoms. The van der Waals surface area contributed by atoms with E-state index in [4.69, 9.17) is 5.11 Å². The molecular weight excluding hydrogens is 281 g/mol. The van der Waals surface area contributed by atoms with Crippen molar-refractivity contribution in [2.75, 3.05) is 0 Å². The topological polar surface area (TPSA) is 50.2 Å². The molecule has 1 aliphatic carbocycles. The average molecular weight is 301 g/mol. The first-order valence-corrected chi connectivity index (χ1v) is 7.83. The lowest BCUT2D eigenvalue weighted by molar-refractivity contribution is -0.143. The number of carboxylic acids is 1. The van der Waals surface area contributed by atoms with Gasteiger partial charge in [0.1, 0.15) is 5.82 Å². The molecule has 1 fully saturated rings. The predicted molar refractivity (Wildman–Crippen MR) is 83.2 cm³/mol. The maximum atomic E-state index is 13.5. The van der Waals surface area contributed by atoms with Crippen LogP contribution in [0.2, 0.25) is 0 Å². The summed E-state index contributed by atoms with van der Waals surface area (Å²) >= 11 is 0. The maximum Gasteiger partial charge on any atom is 0.306 e. The summed E-state index contributed by atoms with van der Waals surface area (Å²) in [6.45, 7) is 1.80. The van der Waals surface area contributed by atoms with E-state index in [2.05, 4.69) is 4.98 Å². The molecule has 3 nitrogen and oxygen atoms in total. The van der Waals surface area contributed by atoms with Crippen molar-refractivity contribution in [1.29, 1.82) is 0 Å². The molecule has 0 amide bonds. The van der Waals surface area contributed by atoms with Gasteiger partial charge in [0, 0.05) is 11.6 Å². The van der Waals surface area contributed by atoms with E-state index in [1.807, 2.05) is 6.07 Å². The van der Waals surface area contributed by atoms with Crippen molar-refractivity contribution in [2.45, 2.75) is 38.5 Å². The van der Waals surface area contributed by atoms with Crippen molar-refractivity contribution in [1.82, 2.24) is 4.98 Å². The third kappa shape index (κ3) is 2.82. The minimum Gasteiger partial charge on any atom is -0.481 e. The molecule has 1 aromatic heterocycles. The molecule has 116 valence electrons. The van der Waals surface area contributed by atoms with Crippen LogP contribution in [-0.4, -0.2) is 16.1 Å². The van der Waals surface area contributed by atoms with Gasteiger partial charge in [0.05, 0.1) is 11.4 Å². The Kier molecular flexibility index (Phi) is 4.10. The number of carbonyl (C=O) groups is 1. The molecule has 1 atom stereocenters. The fourth-order valence-corrected chi connectivity index (χ4v) is 3.63. The monoisotopic (exact) mass is 301 g/mol. The summed E-state index contributed by atoms with van der Waals surface area (Å²) in [5.74, 6) is -0.620. The highest BCUT2D eigenvalue weighted by molar-refractivity contribution is 5.82. The molecule has 1 aliphatic rings. The van der Waals surface area contributed by atoms with Crippen LogP contribution < -0.4 is 0 Å². The molecule has 0 saturated heterocycles. The highest BCUT2D eigenvalue weighted by Gasteiger charge is 2.30. The number of hydrogen-bond donors (Lipinski definition) is 1. The van der Waals surface area contributed by atoms with Gasteiger partial charge in [-0.25, -0.2) is 4.39 Å². The minimum absolute atomic E-state index is 0.241. The summed E-state index contributed by atoms with van der Waals surface area (Å²) in [6, 6.07) is 6.69. The molecule has 1 aromatic carbocycles. The number of aromatic nitrogens is 1. The summed E-state index contributed by atoms with van der Waals surface area (Å²) in [5, 5.41) is 10.0. The number of carboxylic acid groups (broad SMARTS) is 1. The number of hydrogen-bond acceptors (Lipinski definition) is 2. The third-order valence-corrected chi connectivity index (χ3v) is 5.05. The fraction of sp³-hybridized carbons (Fsp3) is 0.444. The molecule has 0 spiro atoms. The van der Waals surface area contributed by atoms with Gasteiger partial charge in [-0.3, -0.25) is 9.78 Å². The van der Waals surface area contributed by atoms with Gasteiger partial charge in [-0.05, 0) is 67.3 Å². The first kappa shape index (κ1) is 14.9. The molecule has 4 heteroatoms. The van der Waals surface area contributed by atoms with Crippen LogP contribution in [0.25, 0.3) is 10.9 Å². The van der Waals surface area contributed by atoms with Gasteiger partial charge in [0.25, 0.3) is 0 Å². The minimum atomic E-state index is -0.708. The van der Waals surface area contributed by atoms with Crippen LogP contribution in [-0.2, 0) is 4.79 Å². The quantitative estimate of drug-likeness (QED) is 0.916. The number of fused-ring (bicyclic) bond motifs is 1. The van der Waals surface area contributed by atoms with Crippen molar-refractivity contribution in [2.24, 2.45) is 11.8 Å². The zero-order chi connectivity index (χ0) is 15.7. The lowest BCUT2D eigenvalue weighted by Gasteiger charge is -2.31. The van der Waals surface area contributed by atoms with Crippen molar-refractivity contribution >= 4 is 16.9 Å². The zero-order valence-electron chi connectivity index (χ0n) is 12.6. The molecular formula is C18H20FNO2. The Morgan fingerprint density at radius 2 is 2.00 bits per heavy atom. The summed E-state index contributed by atoms with van der Waals surface area (Å²) in [4.78, 5) is 15.4. The Morgan fingerprint density at radius 3 is 2.68 bits per heavy atom. The Labute approximate surface area is 129 Å². The van der Waals surface area contributed by atoms with E-state index in [1.165, 1.54) is 6.07 Å². The number of rotatable bonds is 3. The smallest absolute Gasteiger partial charge is 0.306 e. The van der Waals surface area contributed by atoms with E-state index in [-0.39, 0.29) is 17.7 Å². The van der Waals surface area contributed by atoms with Gasteiger partial charge in [0.15, 0.2) is 0 Å².